The van der Waals surface area contributed by atoms with Gasteiger partial charge in [0.05, 0.1) is 11.1 Å². The second-order valence-electron chi connectivity index (χ2n) is 7.14. The Kier molecular flexibility index (Phi) is 5.28. The van der Waals surface area contributed by atoms with E-state index in [2.05, 4.69) is 10.2 Å². The van der Waals surface area contributed by atoms with Gasteiger partial charge in [-0.05, 0) is 36.4 Å². The highest BCUT2D eigenvalue weighted by atomic mass is 32.2. The minimum Gasteiger partial charge on any atom is -0.273 e. The molecule has 158 valence electrons. The molecule has 0 bridgehead atoms. The molecule has 0 unspecified atom stereocenters. The maximum Gasteiger partial charge on any atom is 0.261 e. The fraction of sp³-hybridized carbons (Fsp3) is 0.0833. The minimum absolute atomic E-state index is 0.244. The summed E-state index contributed by atoms with van der Waals surface area (Å²) in [6, 6.07) is 22.5. The zero-order valence-electron chi connectivity index (χ0n) is 16.8. The van der Waals surface area contributed by atoms with Gasteiger partial charge in [0.25, 0.3) is 11.8 Å². The lowest BCUT2D eigenvalue weighted by atomic mass is 10.1. The van der Waals surface area contributed by atoms with Gasteiger partial charge < -0.3 is 0 Å². The van der Waals surface area contributed by atoms with Crippen molar-refractivity contribution in [2.45, 2.75) is 5.16 Å². The Morgan fingerprint density at radius 2 is 1.41 bits per heavy atom. The number of benzene rings is 3. The molecule has 6 nitrogen and oxygen atoms in total. The zero-order valence-corrected chi connectivity index (χ0v) is 17.6. The molecular formula is C24H17FN4O2S. The van der Waals surface area contributed by atoms with E-state index < -0.39 is 0 Å². The number of imide groups is 1. The topological polar surface area (TPSA) is 68.1 Å². The third-order valence-electron chi connectivity index (χ3n) is 5.17. The quantitative estimate of drug-likeness (QED) is 0.324. The lowest BCUT2D eigenvalue weighted by Crippen LogP contribution is -2.31. The summed E-state index contributed by atoms with van der Waals surface area (Å²) in [5.41, 5.74) is 2.46. The van der Waals surface area contributed by atoms with Crippen molar-refractivity contribution in [2.24, 2.45) is 0 Å². The Morgan fingerprint density at radius 1 is 0.781 bits per heavy atom. The monoisotopic (exact) mass is 444 g/mol. The van der Waals surface area contributed by atoms with Crippen LogP contribution in [0, 0.1) is 5.82 Å². The van der Waals surface area contributed by atoms with Crippen molar-refractivity contribution in [3.05, 3.63) is 95.8 Å². The van der Waals surface area contributed by atoms with E-state index in [0.717, 1.165) is 11.3 Å². The lowest BCUT2D eigenvalue weighted by molar-refractivity contribution is 0.0664. The van der Waals surface area contributed by atoms with E-state index in [0.29, 0.717) is 27.9 Å². The van der Waals surface area contributed by atoms with E-state index in [-0.39, 0.29) is 24.2 Å². The molecule has 0 atom stereocenters. The Morgan fingerprint density at radius 3 is 2.06 bits per heavy atom. The summed E-state index contributed by atoms with van der Waals surface area (Å²) in [6.45, 7) is 0.244. The van der Waals surface area contributed by atoms with E-state index >= 15 is 0 Å². The number of aromatic nitrogens is 3. The molecule has 2 heterocycles. The fourth-order valence-corrected chi connectivity index (χ4v) is 4.51. The summed E-state index contributed by atoms with van der Waals surface area (Å²) in [5.74, 6) is 0.176. The molecule has 0 saturated heterocycles. The van der Waals surface area contributed by atoms with Crippen molar-refractivity contribution in [1.29, 1.82) is 0 Å². The third-order valence-corrected chi connectivity index (χ3v) is 6.08. The van der Waals surface area contributed by atoms with Crippen LogP contribution in [0.1, 0.15) is 20.7 Å². The van der Waals surface area contributed by atoms with Gasteiger partial charge in [-0.15, -0.1) is 10.2 Å². The lowest BCUT2D eigenvalue weighted by Gasteiger charge is -2.14. The summed E-state index contributed by atoms with van der Waals surface area (Å²) in [6.07, 6.45) is 0. The van der Waals surface area contributed by atoms with Crippen molar-refractivity contribution < 1.29 is 14.0 Å². The third kappa shape index (κ3) is 3.58. The summed E-state index contributed by atoms with van der Waals surface area (Å²) in [4.78, 5) is 26.4. The number of carbonyl (C=O) groups is 2. The van der Waals surface area contributed by atoms with Crippen molar-refractivity contribution in [3.63, 3.8) is 0 Å². The molecule has 32 heavy (non-hydrogen) atoms. The Labute approximate surface area is 187 Å². The summed E-state index contributed by atoms with van der Waals surface area (Å²) in [5, 5.41) is 9.27. The normalized spacial score (nSPS) is 13.0. The van der Waals surface area contributed by atoms with Gasteiger partial charge >= 0.3 is 0 Å². The minimum atomic E-state index is -0.331. The highest BCUT2D eigenvalue weighted by Crippen LogP contribution is 2.29. The number of thioether (sulfide) groups is 1. The first-order valence-electron chi connectivity index (χ1n) is 9.98. The second-order valence-corrected chi connectivity index (χ2v) is 8.20. The highest BCUT2D eigenvalue weighted by Gasteiger charge is 2.34. The van der Waals surface area contributed by atoms with E-state index in [9.17, 15) is 14.0 Å². The van der Waals surface area contributed by atoms with Crippen LogP contribution in [0.4, 0.5) is 4.39 Å². The number of hydrogen-bond donors (Lipinski definition) is 0. The van der Waals surface area contributed by atoms with Crippen LogP contribution in [-0.2, 0) is 0 Å². The molecule has 0 fully saturated rings. The molecule has 0 spiro atoms. The van der Waals surface area contributed by atoms with Crippen LogP contribution in [-0.4, -0.2) is 43.8 Å². The first kappa shape index (κ1) is 20.1. The highest BCUT2D eigenvalue weighted by molar-refractivity contribution is 7.99. The standard InChI is InChI=1S/C24H17FN4O2S/c25-17-10-12-18(13-11-17)29-21(16-6-2-1-3-7-16)26-27-24(29)32-15-14-28-22(30)19-8-4-5-9-20(19)23(28)31/h1-13H,14-15H2. The number of carbonyl (C=O) groups excluding carboxylic acids is 2. The number of fused-ring (bicyclic) bond motifs is 1. The SMILES string of the molecule is O=C1c2ccccc2C(=O)N1CCSc1nnc(-c2ccccc2)n1-c1ccc(F)cc1. The van der Waals surface area contributed by atoms with Crippen LogP contribution >= 0.6 is 11.8 Å². The largest absolute Gasteiger partial charge is 0.273 e. The zero-order chi connectivity index (χ0) is 22.1. The number of amides is 2. The van der Waals surface area contributed by atoms with Gasteiger partial charge in [-0.3, -0.25) is 19.1 Å². The molecule has 1 aliphatic rings. The second kappa shape index (κ2) is 8.39. The van der Waals surface area contributed by atoms with Crippen LogP contribution in [0.25, 0.3) is 17.1 Å². The van der Waals surface area contributed by atoms with E-state index in [1.165, 1.54) is 28.8 Å². The average Bonchev–Trinajstić information content (AvgIpc) is 3.35. The fourth-order valence-electron chi connectivity index (χ4n) is 3.63. The smallest absolute Gasteiger partial charge is 0.261 e. The van der Waals surface area contributed by atoms with Crippen molar-refractivity contribution >= 4 is 23.6 Å². The predicted octanol–water partition coefficient (Wildman–Crippen LogP) is 4.46. The number of halogens is 1. The molecule has 8 heteroatoms. The van der Waals surface area contributed by atoms with Crippen molar-refractivity contribution in [3.8, 4) is 17.1 Å². The van der Waals surface area contributed by atoms with Crippen molar-refractivity contribution in [2.75, 3.05) is 12.3 Å². The molecule has 2 amide bonds. The molecule has 5 rings (SSSR count). The van der Waals surface area contributed by atoms with Crippen LogP contribution < -0.4 is 0 Å². The summed E-state index contributed by atoms with van der Waals surface area (Å²) < 4.78 is 15.3. The van der Waals surface area contributed by atoms with Crippen LogP contribution in [0.5, 0.6) is 0 Å². The molecule has 4 aromatic rings. The Hall–Kier alpha value is -3.78. The first-order chi connectivity index (χ1) is 15.6. The van der Waals surface area contributed by atoms with Gasteiger partial charge in [0.2, 0.25) is 0 Å². The molecular weight excluding hydrogens is 427 g/mol. The Balaban J connectivity index is 1.40. The van der Waals surface area contributed by atoms with Crippen LogP contribution in [0.15, 0.2) is 84.0 Å². The Bertz CT molecular complexity index is 1270. The molecule has 0 aliphatic carbocycles. The molecule has 3 aromatic carbocycles. The van der Waals surface area contributed by atoms with Crippen LogP contribution in [0.3, 0.4) is 0 Å². The number of rotatable bonds is 6. The van der Waals surface area contributed by atoms with Crippen molar-refractivity contribution in [1.82, 2.24) is 19.7 Å². The first-order valence-corrected chi connectivity index (χ1v) is 11.0. The van der Waals surface area contributed by atoms with Gasteiger partial charge in [0.15, 0.2) is 11.0 Å². The number of nitrogens with zero attached hydrogens (tertiary/aromatic N) is 4. The maximum atomic E-state index is 13.5. The van der Waals surface area contributed by atoms with E-state index in [1.807, 2.05) is 34.9 Å². The van der Waals surface area contributed by atoms with E-state index in [1.54, 1.807) is 36.4 Å². The van der Waals surface area contributed by atoms with Gasteiger partial charge in [-0.2, -0.15) is 0 Å². The van der Waals surface area contributed by atoms with E-state index in [4.69, 9.17) is 0 Å². The van der Waals surface area contributed by atoms with Gasteiger partial charge in [0, 0.05) is 23.5 Å². The summed E-state index contributed by atoms with van der Waals surface area (Å²) >= 11 is 1.38. The molecule has 1 aromatic heterocycles. The molecule has 0 radical (unpaired) electrons. The molecule has 0 N–H and O–H groups in total. The van der Waals surface area contributed by atoms with Crippen LogP contribution in [0.2, 0.25) is 0 Å². The molecule has 0 saturated carbocycles. The number of hydrogen-bond acceptors (Lipinski definition) is 5. The predicted molar refractivity (Wildman–Crippen MR) is 119 cm³/mol. The van der Waals surface area contributed by atoms with Gasteiger partial charge in [0.1, 0.15) is 5.82 Å². The van der Waals surface area contributed by atoms with Gasteiger partial charge in [-0.1, -0.05) is 54.2 Å². The van der Waals surface area contributed by atoms with Gasteiger partial charge in [-0.25, -0.2) is 4.39 Å². The average molecular weight is 444 g/mol. The molecule has 1 aliphatic heterocycles. The maximum absolute atomic E-state index is 13.5. The summed E-state index contributed by atoms with van der Waals surface area (Å²) in [7, 11) is 0.